The van der Waals surface area contributed by atoms with Crippen molar-refractivity contribution in [3.05, 3.63) is 33.3 Å². The number of amidine groups is 1. The van der Waals surface area contributed by atoms with E-state index in [4.69, 9.17) is 33.3 Å². The van der Waals surface area contributed by atoms with Crippen LogP contribution in [0, 0.1) is 16.7 Å². The summed E-state index contributed by atoms with van der Waals surface area (Å²) in [6, 6.07) is 1.95. The zero-order valence-electron chi connectivity index (χ0n) is 15.0. The summed E-state index contributed by atoms with van der Waals surface area (Å²) in [4.78, 5) is 14.1. The number of ether oxygens (including phenoxy) is 1. The molecule has 0 saturated heterocycles. The molecule has 0 radical (unpaired) electrons. The fourth-order valence-electron chi connectivity index (χ4n) is 4.68. The van der Waals surface area contributed by atoms with Crippen molar-refractivity contribution in [1.82, 2.24) is 4.90 Å². The average molecular weight is 393 g/mol. The van der Waals surface area contributed by atoms with Crippen molar-refractivity contribution < 1.29 is 9.53 Å². The molecule has 1 fully saturated rings. The minimum Gasteiger partial charge on any atom is -0.484 e. The molecule has 0 aromatic heterocycles. The number of likely N-dealkylation sites (N-methyl/N-ethyl adjacent to an activating group) is 1. The minimum absolute atomic E-state index is 0.0289. The molecule has 138 valence electrons. The molecule has 2 unspecified atom stereocenters. The zero-order chi connectivity index (χ0) is 18.6. The van der Waals surface area contributed by atoms with Gasteiger partial charge >= 0.3 is 0 Å². The number of ketones is 1. The number of hydrogen-bond donors (Lipinski definition) is 1. The molecule has 1 aromatic rings. The Morgan fingerprint density at radius 3 is 2.88 bits per heavy atom. The average Bonchev–Trinajstić information content (AvgIpc) is 2.89. The lowest BCUT2D eigenvalue weighted by Gasteiger charge is -2.42. The van der Waals surface area contributed by atoms with E-state index in [1.807, 2.05) is 12.1 Å². The largest absolute Gasteiger partial charge is 0.484 e. The summed E-state index contributed by atoms with van der Waals surface area (Å²) in [7, 11) is 3.60. The van der Waals surface area contributed by atoms with Crippen molar-refractivity contribution in [1.29, 1.82) is 5.41 Å². The molecule has 2 bridgehead atoms. The Bertz CT molecular complexity index is 847. The van der Waals surface area contributed by atoms with Gasteiger partial charge in [0.1, 0.15) is 23.2 Å². The SMILES string of the molecule is CN(C)C(=N)COc1cc2c(c(Cl)c1Cl)C1=CC(=O)C3CCCC1(C2)C3. The highest BCUT2D eigenvalue weighted by atomic mass is 35.5. The fraction of sp³-hybridized carbons (Fsp3) is 0.500. The number of carbonyl (C=O) groups excluding carboxylic acids is 1. The lowest BCUT2D eigenvalue weighted by atomic mass is 9.61. The highest BCUT2D eigenvalue weighted by molar-refractivity contribution is 6.44. The summed E-state index contributed by atoms with van der Waals surface area (Å²) in [6.07, 6.45) is 6.79. The maximum atomic E-state index is 12.5. The molecule has 3 aliphatic carbocycles. The summed E-state index contributed by atoms with van der Waals surface area (Å²) in [5.74, 6) is 1.26. The smallest absolute Gasteiger partial charge is 0.159 e. The Morgan fingerprint density at radius 2 is 2.15 bits per heavy atom. The maximum Gasteiger partial charge on any atom is 0.159 e. The van der Waals surface area contributed by atoms with Gasteiger partial charge in [0.15, 0.2) is 5.78 Å². The Kier molecular flexibility index (Phi) is 4.31. The number of rotatable bonds is 3. The van der Waals surface area contributed by atoms with Crippen molar-refractivity contribution in [2.45, 2.75) is 32.1 Å². The molecule has 1 spiro atoms. The molecule has 2 atom stereocenters. The maximum absolute atomic E-state index is 12.5. The number of halogens is 2. The van der Waals surface area contributed by atoms with Crippen molar-refractivity contribution in [3.63, 3.8) is 0 Å². The van der Waals surface area contributed by atoms with Crippen LogP contribution in [0.1, 0.15) is 36.8 Å². The normalized spacial score (nSPS) is 26.1. The number of hydrogen-bond acceptors (Lipinski definition) is 3. The Labute approximate surface area is 163 Å². The molecular weight excluding hydrogens is 371 g/mol. The molecule has 4 rings (SSSR count). The predicted octanol–water partition coefficient (Wildman–Crippen LogP) is 4.61. The molecule has 1 aromatic carbocycles. The third kappa shape index (κ3) is 2.66. The van der Waals surface area contributed by atoms with Crippen LogP contribution in [0.3, 0.4) is 0 Å². The molecule has 1 saturated carbocycles. The van der Waals surface area contributed by atoms with Crippen LogP contribution in [0.4, 0.5) is 0 Å². The quantitative estimate of drug-likeness (QED) is 0.603. The second-order valence-electron chi connectivity index (χ2n) is 7.88. The summed E-state index contributed by atoms with van der Waals surface area (Å²) in [5.41, 5.74) is 3.14. The topological polar surface area (TPSA) is 53.4 Å². The number of fused-ring (bicyclic) bond motifs is 3. The highest BCUT2D eigenvalue weighted by Crippen LogP contribution is 2.61. The van der Waals surface area contributed by atoms with E-state index in [1.54, 1.807) is 19.0 Å². The first-order chi connectivity index (χ1) is 12.3. The van der Waals surface area contributed by atoms with Crippen LogP contribution in [0.5, 0.6) is 5.75 Å². The third-order valence-electron chi connectivity index (χ3n) is 6.06. The van der Waals surface area contributed by atoms with Crippen LogP contribution in [0.15, 0.2) is 12.1 Å². The molecular formula is C20H22Cl2N2O2. The van der Waals surface area contributed by atoms with Gasteiger partial charge in [-0.15, -0.1) is 0 Å². The van der Waals surface area contributed by atoms with E-state index in [0.29, 0.717) is 21.6 Å². The number of allylic oxidation sites excluding steroid dienone is 2. The third-order valence-corrected chi connectivity index (χ3v) is 6.91. The van der Waals surface area contributed by atoms with Gasteiger partial charge in [0.25, 0.3) is 0 Å². The summed E-state index contributed by atoms with van der Waals surface area (Å²) in [6.45, 7) is 0.135. The summed E-state index contributed by atoms with van der Waals surface area (Å²) < 4.78 is 5.77. The fourth-order valence-corrected chi connectivity index (χ4v) is 5.20. The van der Waals surface area contributed by atoms with Gasteiger partial charge in [-0.3, -0.25) is 10.2 Å². The second-order valence-corrected chi connectivity index (χ2v) is 8.63. The number of carbonyl (C=O) groups is 1. The first kappa shape index (κ1) is 17.9. The number of nitrogens with one attached hydrogen (secondary N) is 1. The van der Waals surface area contributed by atoms with Crippen molar-refractivity contribution in [2.24, 2.45) is 11.3 Å². The molecule has 26 heavy (non-hydrogen) atoms. The van der Waals surface area contributed by atoms with Crippen LogP contribution in [0.2, 0.25) is 10.0 Å². The van der Waals surface area contributed by atoms with Gasteiger partial charge < -0.3 is 9.64 Å². The van der Waals surface area contributed by atoms with Crippen LogP contribution in [0.25, 0.3) is 5.57 Å². The van der Waals surface area contributed by atoms with Crippen molar-refractivity contribution in [2.75, 3.05) is 20.7 Å². The summed E-state index contributed by atoms with van der Waals surface area (Å²) >= 11 is 13.1. The van der Waals surface area contributed by atoms with Crippen LogP contribution in [-0.4, -0.2) is 37.2 Å². The Balaban J connectivity index is 1.73. The highest BCUT2D eigenvalue weighted by Gasteiger charge is 2.50. The van der Waals surface area contributed by atoms with Crippen molar-refractivity contribution >= 4 is 40.4 Å². The second kappa shape index (κ2) is 6.28. The van der Waals surface area contributed by atoms with Gasteiger partial charge in [0, 0.05) is 31.0 Å². The molecule has 0 aliphatic heterocycles. The minimum atomic E-state index is 0.0289. The van der Waals surface area contributed by atoms with E-state index in [9.17, 15) is 4.79 Å². The van der Waals surface area contributed by atoms with E-state index in [2.05, 4.69) is 0 Å². The molecule has 3 aliphatic rings. The summed E-state index contributed by atoms with van der Waals surface area (Å²) in [5, 5.41) is 8.72. The van der Waals surface area contributed by atoms with Crippen LogP contribution < -0.4 is 4.74 Å². The molecule has 0 heterocycles. The standard InChI is InChI=1S/C20H22Cl2N2O2/c1-24(2)16(23)10-26-15-6-12-9-20-5-3-4-11(8-20)14(25)7-13(20)17(12)19(22)18(15)21/h6-7,11,23H,3-5,8-10H2,1-2H3. The van der Waals surface area contributed by atoms with Crippen LogP contribution in [-0.2, 0) is 11.2 Å². The number of nitrogens with zero attached hydrogens (tertiary/aromatic N) is 1. The lowest BCUT2D eigenvalue weighted by molar-refractivity contribution is -0.120. The first-order valence-corrected chi connectivity index (χ1v) is 9.73. The van der Waals surface area contributed by atoms with Gasteiger partial charge in [-0.1, -0.05) is 29.6 Å². The van der Waals surface area contributed by atoms with Gasteiger partial charge in [-0.2, -0.15) is 0 Å². The van der Waals surface area contributed by atoms with Gasteiger partial charge in [0.05, 0.1) is 5.02 Å². The van der Waals surface area contributed by atoms with E-state index < -0.39 is 0 Å². The predicted molar refractivity (Wildman–Crippen MR) is 104 cm³/mol. The lowest BCUT2D eigenvalue weighted by Crippen LogP contribution is -2.35. The van der Waals surface area contributed by atoms with Gasteiger partial charge in [-0.25, -0.2) is 0 Å². The van der Waals surface area contributed by atoms with E-state index in [-0.39, 0.29) is 23.7 Å². The first-order valence-electron chi connectivity index (χ1n) is 8.97. The van der Waals surface area contributed by atoms with E-state index >= 15 is 0 Å². The molecule has 6 heteroatoms. The zero-order valence-corrected chi connectivity index (χ0v) is 16.5. The van der Waals surface area contributed by atoms with Gasteiger partial charge in [0.2, 0.25) is 0 Å². The monoisotopic (exact) mass is 392 g/mol. The Morgan fingerprint density at radius 1 is 1.38 bits per heavy atom. The van der Waals surface area contributed by atoms with Crippen molar-refractivity contribution in [3.8, 4) is 5.75 Å². The van der Waals surface area contributed by atoms with Gasteiger partial charge in [-0.05, 0) is 49.0 Å². The van der Waals surface area contributed by atoms with E-state index in [0.717, 1.165) is 48.8 Å². The van der Waals surface area contributed by atoms with E-state index in [1.165, 1.54) is 0 Å². The molecule has 4 nitrogen and oxygen atoms in total. The molecule has 1 N–H and O–H groups in total. The number of benzene rings is 1. The Hall–Kier alpha value is -1.52. The van der Waals surface area contributed by atoms with Crippen LogP contribution >= 0.6 is 23.2 Å². The molecule has 0 amide bonds.